The molecule has 3 nitrogen and oxygen atoms in total. The van der Waals surface area contributed by atoms with Gasteiger partial charge < -0.3 is 14.9 Å². The Morgan fingerprint density at radius 2 is 1.71 bits per heavy atom. The maximum absolute atomic E-state index is 10.0. The van der Waals surface area contributed by atoms with E-state index in [4.69, 9.17) is 4.74 Å². The van der Waals surface area contributed by atoms with Gasteiger partial charge in [0, 0.05) is 0 Å². The van der Waals surface area contributed by atoms with Crippen LogP contribution < -0.4 is 4.74 Å². The number of benzene rings is 2. The summed E-state index contributed by atoms with van der Waals surface area (Å²) in [6, 6.07) is 16.2. The van der Waals surface area contributed by atoms with Crippen molar-refractivity contribution in [3.8, 4) is 5.75 Å². The highest BCUT2D eigenvalue weighted by atomic mass is 16.5. The van der Waals surface area contributed by atoms with Crippen molar-refractivity contribution in [3.05, 3.63) is 65.2 Å². The fraction of sp³-hybridized carbons (Fsp3) is 0.429. The summed E-state index contributed by atoms with van der Waals surface area (Å²) in [5.74, 6) is 1.03. The first kappa shape index (κ1) is 18.5. The van der Waals surface area contributed by atoms with Gasteiger partial charge in [0.25, 0.3) is 0 Å². The minimum Gasteiger partial charge on any atom is -0.489 e. The standard InChI is InChI=1S/C21H28O3/c1-4-20(22)21(23)13-16(3)19-11-10-18(12-15(19)2)24-14-17-8-6-5-7-9-17/h5-12,16,20-23H,4,13-14H2,1-3H3. The smallest absolute Gasteiger partial charge is 0.120 e. The lowest BCUT2D eigenvalue weighted by molar-refractivity contribution is 0.00950. The van der Waals surface area contributed by atoms with Crippen LogP contribution in [0.2, 0.25) is 0 Å². The predicted molar refractivity (Wildman–Crippen MR) is 97.3 cm³/mol. The molecule has 0 aliphatic heterocycles. The van der Waals surface area contributed by atoms with Gasteiger partial charge in [-0.1, -0.05) is 50.2 Å². The molecule has 3 atom stereocenters. The molecule has 0 heterocycles. The SMILES string of the molecule is CCC(O)C(O)CC(C)c1ccc(OCc2ccccc2)cc1C. The van der Waals surface area contributed by atoms with Crippen molar-refractivity contribution in [2.45, 2.75) is 58.3 Å². The summed E-state index contributed by atoms with van der Waals surface area (Å²) < 4.78 is 5.85. The first-order valence-corrected chi connectivity index (χ1v) is 8.64. The Bertz CT molecular complexity index is 624. The summed E-state index contributed by atoms with van der Waals surface area (Å²) in [5, 5.41) is 19.8. The third kappa shape index (κ3) is 5.08. The van der Waals surface area contributed by atoms with E-state index in [2.05, 4.69) is 19.9 Å². The number of aryl methyl sites for hydroxylation is 1. The van der Waals surface area contributed by atoms with Crippen molar-refractivity contribution in [2.75, 3.05) is 0 Å². The Labute approximate surface area is 144 Å². The second kappa shape index (κ2) is 8.86. The zero-order valence-corrected chi connectivity index (χ0v) is 14.8. The van der Waals surface area contributed by atoms with Gasteiger partial charge in [0.05, 0.1) is 12.2 Å². The van der Waals surface area contributed by atoms with Crippen molar-refractivity contribution in [2.24, 2.45) is 0 Å². The zero-order valence-electron chi connectivity index (χ0n) is 14.8. The van der Waals surface area contributed by atoms with Crippen LogP contribution in [0.5, 0.6) is 5.75 Å². The van der Waals surface area contributed by atoms with Crippen LogP contribution in [0.3, 0.4) is 0 Å². The van der Waals surface area contributed by atoms with Crippen LogP contribution >= 0.6 is 0 Å². The molecule has 2 rings (SSSR count). The number of rotatable bonds is 8. The van der Waals surface area contributed by atoms with E-state index in [0.29, 0.717) is 19.4 Å². The van der Waals surface area contributed by atoms with Crippen LogP contribution in [0.1, 0.15) is 49.3 Å². The van der Waals surface area contributed by atoms with Crippen molar-refractivity contribution < 1.29 is 14.9 Å². The summed E-state index contributed by atoms with van der Waals surface area (Å²) in [7, 11) is 0. The quantitative estimate of drug-likeness (QED) is 0.763. The monoisotopic (exact) mass is 328 g/mol. The number of ether oxygens (including phenoxy) is 1. The Morgan fingerprint density at radius 1 is 1.00 bits per heavy atom. The molecule has 2 aromatic rings. The highest BCUT2D eigenvalue weighted by molar-refractivity contribution is 5.37. The van der Waals surface area contributed by atoms with E-state index < -0.39 is 12.2 Å². The molecule has 0 bridgehead atoms. The number of aliphatic hydroxyl groups excluding tert-OH is 2. The second-order valence-corrected chi connectivity index (χ2v) is 6.47. The first-order chi connectivity index (χ1) is 11.5. The molecular formula is C21H28O3. The van der Waals surface area contributed by atoms with Crippen LogP contribution in [-0.2, 0) is 6.61 Å². The molecule has 0 fully saturated rings. The molecule has 130 valence electrons. The van der Waals surface area contributed by atoms with Gasteiger partial charge in [-0.15, -0.1) is 0 Å². The van der Waals surface area contributed by atoms with Crippen molar-refractivity contribution >= 4 is 0 Å². The molecule has 3 unspecified atom stereocenters. The van der Waals surface area contributed by atoms with Crippen LogP contribution in [-0.4, -0.2) is 22.4 Å². The molecule has 0 amide bonds. The summed E-state index contributed by atoms with van der Waals surface area (Å²) in [5.41, 5.74) is 3.47. The largest absolute Gasteiger partial charge is 0.489 e. The lowest BCUT2D eigenvalue weighted by Gasteiger charge is -2.22. The molecule has 0 aliphatic carbocycles. The summed E-state index contributed by atoms with van der Waals surface area (Å²) >= 11 is 0. The average Bonchev–Trinajstić information content (AvgIpc) is 2.60. The minimum atomic E-state index is -0.682. The fourth-order valence-electron chi connectivity index (χ4n) is 2.95. The van der Waals surface area contributed by atoms with Crippen molar-refractivity contribution in [3.63, 3.8) is 0 Å². The van der Waals surface area contributed by atoms with E-state index in [1.54, 1.807) is 0 Å². The maximum atomic E-state index is 10.0. The Balaban J connectivity index is 1.98. The average molecular weight is 328 g/mol. The van der Waals surface area contributed by atoms with E-state index in [0.717, 1.165) is 16.9 Å². The number of aliphatic hydroxyl groups is 2. The van der Waals surface area contributed by atoms with Gasteiger partial charge in [-0.3, -0.25) is 0 Å². The molecule has 2 aromatic carbocycles. The Morgan fingerprint density at radius 3 is 2.33 bits per heavy atom. The molecule has 2 N–H and O–H groups in total. The molecule has 0 saturated heterocycles. The molecule has 0 aromatic heterocycles. The van der Waals surface area contributed by atoms with Crippen molar-refractivity contribution in [1.82, 2.24) is 0 Å². The van der Waals surface area contributed by atoms with Gasteiger partial charge in [-0.05, 0) is 54.5 Å². The second-order valence-electron chi connectivity index (χ2n) is 6.47. The van der Waals surface area contributed by atoms with Crippen LogP contribution in [0, 0.1) is 6.92 Å². The summed E-state index contributed by atoms with van der Waals surface area (Å²) in [6.45, 7) is 6.57. The van der Waals surface area contributed by atoms with Crippen LogP contribution in [0.25, 0.3) is 0 Å². The van der Waals surface area contributed by atoms with E-state index in [1.807, 2.05) is 49.4 Å². The molecule has 0 spiro atoms. The van der Waals surface area contributed by atoms with E-state index in [1.165, 1.54) is 5.56 Å². The van der Waals surface area contributed by atoms with Crippen molar-refractivity contribution in [1.29, 1.82) is 0 Å². The highest BCUT2D eigenvalue weighted by Crippen LogP contribution is 2.28. The normalized spacial score (nSPS) is 14.9. The number of hydrogen-bond acceptors (Lipinski definition) is 3. The van der Waals surface area contributed by atoms with Gasteiger partial charge in [-0.2, -0.15) is 0 Å². The molecule has 0 radical (unpaired) electrons. The van der Waals surface area contributed by atoms with Gasteiger partial charge in [0.15, 0.2) is 0 Å². The molecule has 24 heavy (non-hydrogen) atoms. The van der Waals surface area contributed by atoms with E-state index in [9.17, 15) is 10.2 Å². The van der Waals surface area contributed by atoms with Gasteiger partial charge >= 0.3 is 0 Å². The van der Waals surface area contributed by atoms with E-state index in [-0.39, 0.29) is 5.92 Å². The molecule has 0 saturated carbocycles. The first-order valence-electron chi connectivity index (χ1n) is 8.64. The minimum absolute atomic E-state index is 0.185. The topological polar surface area (TPSA) is 49.7 Å². The summed E-state index contributed by atoms with van der Waals surface area (Å²) in [4.78, 5) is 0. The highest BCUT2D eigenvalue weighted by Gasteiger charge is 2.19. The third-order valence-corrected chi connectivity index (χ3v) is 4.48. The van der Waals surface area contributed by atoms with Crippen LogP contribution in [0.4, 0.5) is 0 Å². The Kier molecular flexibility index (Phi) is 6.83. The number of hydrogen-bond donors (Lipinski definition) is 2. The zero-order chi connectivity index (χ0) is 17.5. The molecular weight excluding hydrogens is 300 g/mol. The van der Waals surface area contributed by atoms with Gasteiger partial charge in [0.2, 0.25) is 0 Å². The predicted octanol–water partition coefficient (Wildman–Crippen LogP) is 4.20. The lowest BCUT2D eigenvalue weighted by atomic mass is 9.90. The van der Waals surface area contributed by atoms with Gasteiger partial charge in [0.1, 0.15) is 12.4 Å². The van der Waals surface area contributed by atoms with Crippen LogP contribution in [0.15, 0.2) is 48.5 Å². The van der Waals surface area contributed by atoms with Gasteiger partial charge in [-0.25, -0.2) is 0 Å². The molecule has 0 aliphatic rings. The lowest BCUT2D eigenvalue weighted by Crippen LogP contribution is -2.26. The Hall–Kier alpha value is -1.84. The van der Waals surface area contributed by atoms with E-state index >= 15 is 0 Å². The maximum Gasteiger partial charge on any atom is 0.120 e. The fourth-order valence-corrected chi connectivity index (χ4v) is 2.95. The third-order valence-electron chi connectivity index (χ3n) is 4.48. The molecule has 3 heteroatoms. The summed E-state index contributed by atoms with van der Waals surface area (Å²) in [6.07, 6.45) is -0.209.